The summed E-state index contributed by atoms with van der Waals surface area (Å²) < 4.78 is 27.3. The van der Waals surface area contributed by atoms with Crippen molar-refractivity contribution in [1.29, 1.82) is 0 Å². The summed E-state index contributed by atoms with van der Waals surface area (Å²) in [6.07, 6.45) is 4.22. The molecule has 0 bridgehead atoms. The number of amides is 1. The number of sulfonamides is 1. The van der Waals surface area contributed by atoms with E-state index < -0.39 is 15.3 Å². The predicted octanol–water partition coefficient (Wildman–Crippen LogP) is 4.73. The van der Waals surface area contributed by atoms with Gasteiger partial charge in [-0.1, -0.05) is 66.7 Å². The lowest BCUT2D eigenvalue weighted by atomic mass is 10.1. The third-order valence-corrected chi connectivity index (χ3v) is 8.37. The number of rotatable bonds is 7. The van der Waals surface area contributed by atoms with E-state index in [9.17, 15) is 13.2 Å². The summed E-state index contributed by atoms with van der Waals surface area (Å²) in [7, 11) is -3.53. The number of para-hydroxylation sites is 1. The molecule has 2 heterocycles. The number of aromatic nitrogens is 1. The number of hydrogen-bond donors (Lipinski definition) is 1. The zero-order valence-electron chi connectivity index (χ0n) is 17.6. The van der Waals surface area contributed by atoms with E-state index in [0.717, 1.165) is 30.5 Å². The van der Waals surface area contributed by atoms with E-state index in [2.05, 4.69) is 10.3 Å². The minimum Gasteiger partial charge on any atom is -0.325 e. The predicted molar refractivity (Wildman–Crippen MR) is 127 cm³/mol. The number of nitrogens with one attached hydrogen (secondary N) is 1. The van der Waals surface area contributed by atoms with Crippen LogP contribution in [0.15, 0.2) is 88.9 Å². The van der Waals surface area contributed by atoms with E-state index in [0.29, 0.717) is 18.1 Å². The third kappa shape index (κ3) is 5.38. The molecule has 1 unspecified atom stereocenters. The maximum Gasteiger partial charge on any atom is 0.244 e. The lowest BCUT2D eigenvalue weighted by Gasteiger charge is -2.25. The average Bonchev–Trinajstić information content (AvgIpc) is 2.84. The van der Waals surface area contributed by atoms with Crippen molar-refractivity contribution in [3.8, 4) is 0 Å². The van der Waals surface area contributed by atoms with Gasteiger partial charge in [0.1, 0.15) is 10.1 Å². The van der Waals surface area contributed by atoms with Crippen LogP contribution in [0.1, 0.15) is 30.1 Å². The number of piperidine rings is 1. The normalized spacial score (nSPS) is 15.8. The molecule has 1 amide bonds. The van der Waals surface area contributed by atoms with Gasteiger partial charge in [-0.2, -0.15) is 4.31 Å². The van der Waals surface area contributed by atoms with Crippen molar-refractivity contribution in [2.75, 3.05) is 18.4 Å². The van der Waals surface area contributed by atoms with E-state index in [1.165, 1.54) is 22.3 Å². The van der Waals surface area contributed by atoms with Crippen LogP contribution in [0, 0.1) is 0 Å². The first-order chi connectivity index (χ1) is 15.5. The van der Waals surface area contributed by atoms with Crippen LogP contribution < -0.4 is 5.32 Å². The number of pyridine rings is 1. The standard InChI is InChI=1S/C24H25N3O3S2/c28-24(26-20-12-6-2-7-13-20)23(19-10-4-1-5-11-19)31-22-15-14-21(18-25-22)32(29,30)27-16-8-3-9-17-27/h1-2,4-7,10-15,18,23H,3,8-9,16-17H2,(H,26,28). The van der Waals surface area contributed by atoms with Crippen LogP contribution in [0.25, 0.3) is 0 Å². The number of benzene rings is 2. The van der Waals surface area contributed by atoms with Gasteiger partial charge < -0.3 is 5.32 Å². The van der Waals surface area contributed by atoms with E-state index in [-0.39, 0.29) is 10.8 Å². The SMILES string of the molecule is O=C(Nc1ccccc1)C(Sc1ccc(S(=O)(=O)N2CCCCC2)cn1)c1ccccc1. The highest BCUT2D eigenvalue weighted by molar-refractivity contribution is 8.00. The Labute approximate surface area is 193 Å². The van der Waals surface area contributed by atoms with E-state index in [4.69, 9.17) is 0 Å². The number of thioether (sulfide) groups is 1. The van der Waals surface area contributed by atoms with Crippen molar-refractivity contribution in [2.45, 2.75) is 34.4 Å². The van der Waals surface area contributed by atoms with Crippen molar-refractivity contribution in [1.82, 2.24) is 9.29 Å². The highest BCUT2D eigenvalue weighted by Gasteiger charge is 2.27. The molecule has 1 aliphatic rings. The number of anilines is 1. The molecule has 4 rings (SSSR count). The Morgan fingerprint density at radius 2 is 1.56 bits per heavy atom. The largest absolute Gasteiger partial charge is 0.325 e. The highest BCUT2D eigenvalue weighted by atomic mass is 32.2. The Balaban J connectivity index is 1.54. The zero-order valence-corrected chi connectivity index (χ0v) is 19.2. The minimum atomic E-state index is -3.53. The molecular weight excluding hydrogens is 442 g/mol. The number of carbonyl (C=O) groups excluding carboxylic acids is 1. The smallest absolute Gasteiger partial charge is 0.244 e. The molecule has 1 atom stereocenters. The second kappa shape index (κ2) is 10.3. The van der Waals surface area contributed by atoms with Gasteiger partial charge in [-0.05, 0) is 42.7 Å². The van der Waals surface area contributed by atoms with Gasteiger partial charge in [0.25, 0.3) is 0 Å². The van der Waals surface area contributed by atoms with Gasteiger partial charge in [0.05, 0.1) is 5.03 Å². The molecule has 0 saturated carbocycles. The molecule has 32 heavy (non-hydrogen) atoms. The van der Waals surface area contributed by atoms with Crippen molar-refractivity contribution in [3.63, 3.8) is 0 Å². The average molecular weight is 468 g/mol. The molecule has 0 aliphatic carbocycles. The second-order valence-corrected chi connectivity index (χ2v) is 10.6. The Morgan fingerprint density at radius 3 is 2.19 bits per heavy atom. The molecule has 3 aromatic rings. The molecule has 1 aliphatic heterocycles. The second-order valence-electron chi connectivity index (χ2n) is 7.56. The van der Waals surface area contributed by atoms with Crippen molar-refractivity contribution in [3.05, 3.63) is 84.6 Å². The van der Waals surface area contributed by atoms with Gasteiger partial charge in [0.15, 0.2) is 0 Å². The monoisotopic (exact) mass is 467 g/mol. The fraction of sp³-hybridized carbons (Fsp3) is 0.250. The fourth-order valence-electron chi connectivity index (χ4n) is 3.59. The molecule has 6 nitrogen and oxygen atoms in total. The topological polar surface area (TPSA) is 79.4 Å². The summed E-state index contributed by atoms with van der Waals surface area (Å²) in [4.78, 5) is 17.6. The van der Waals surface area contributed by atoms with Gasteiger partial charge in [-0.3, -0.25) is 4.79 Å². The first-order valence-corrected chi connectivity index (χ1v) is 12.9. The fourth-order valence-corrected chi connectivity index (χ4v) is 6.02. The summed E-state index contributed by atoms with van der Waals surface area (Å²) in [5.74, 6) is -0.167. The minimum absolute atomic E-state index is 0.167. The van der Waals surface area contributed by atoms with Crippen LogP contribution >= 0.6 is 11.8 Å². The molecule has 8 heteroatoms. The van der Waals surface area contributed by atoms with Crippen LogP contribution in [0.3, 0.4) is 0 Å². The Hall–Kier alpha value is -2.68. The van der Waals surface area contributed by atoms with Gasteiger partial charge in [0, 0.05) is 25.0 Å². The molecule has 1 saturated heterocycles. The maximum absolute atomic E-state index is 13.1. The van der Waals surface area contributed by atoms with Crippen LogP contribution in [0.2, 0.25) is 0 Å². The Morgan fingerprint density at radius 1 is 0.906 bits per heavy atom. The van der Waals surface area contributed by atoms with Crippen molar-refractivity contribution >= 4 is 33.4 Å². The van der Waals surface area contributed by atoms with Gasteiger partial charge in [0.2, 0.25) is 15.9 Å². The zero-order chi connectivity index (χ0) is 22.4. The van der Waals surface area contributed by atoms with Gasteiger partial charge >= 0.3 is 0 Å². The van der Waals surface area contributed by atoms with Gasteiger partial charge in [-0.25, -0.2) is 13.4 Å². The van der Waals surface area contributed by atoms with E-state index in [1.807, 2.05) is 60.7 Å². The summed E-state index contributed by atoms with van der Waals surface area (Å²) in [5.41, 5.74) is 1.56. The third-order valence-electron chi connectivity index (χ3n) is 5.28. The Bertz CT molecular complexity index is 1130. The summed E-state index contributed by atoms with van der Waals surface area (Å²) in [6.45, 7) is 1.10. The maximum atomic E-state index is 13.1. The molecule has 1 fully saturated rings. The summed E-state index contributed by atoms with van der Waals surface area (Å²) in [6, 6.07) is 22.0. The Kier molecular flexibility index (Phi) is 7.24. The first-order valence-electron chi connectivity index (χ1n) is 10.6. The number of nitrogens with zero attached hydrogens (tertiary/aromatic N) is 2. The number of carbonyl (C=O) groups is 1. The van der Waals surface area contributed by atoms with Crippen LogP contribution in [0.5, 0.6) is 0 Å². The summed E-state index contributed by atoms with van der Waals surface area (Å²) >= 11 is 1.29. The molecule has 0 spiro atoms. The molecule has 0 radical (unpaired) electrons. The quantitative estimate of drug-likeness (QED) is 0.508. The molecule has 166 valence electrons. The molecular formula is C24H25N3O3S2. The van der Waals surface area contributed by atoms with Crippen molar-refractivity contribution in [2.24, 2.45) is 0 Å². The molecule has 2 aromatic carbocycles. The van der Waals surface area contributed by atoms with E-state index >= 15 is 0 Å². The van der Waals surface area contributed by atoms with Crippen LogP contribution in [-0.2, 0) is 14.8 Å². The first kappa shape index (κ1) is 22.5. The number of hydrogen-bond acceptors (Lipinski definition) is 5. The lowest BCUT2D eigenvalue weighted by Crippen LogP contribution is -2.35. The van der Waals surface area contributed by atoms with Gasteiger partial charge in [-0.15, -0.1) is 0 Å². The van der Waals surface area contributed by atoms with E-state index in [1.54, 1.807) is 12.1 Å². The lowest BCUT2D eigenvalue weighted by molar-refractivity contribution is -0.115. The van der Waals surface area contributed by atoms with Crippen LogP contribution in [-0.4, -0.2) is 36.7 Å². The summed E-state index contributed by atoms with van der Waals surface area (Å²) in [5, 5.41) is 3.00. The molecule has 1 N–H and O–H groups in total. The van der Waals surface area contributed by atoms with Crippen molar-refractivity contribution < 1.29 is 13.2 Å². The van der Waals surface area contributed by atoms with Crippen LogP contribution in [0.4, 0.5) is 5.69 Å². The molecule has 1 aromatic heterocycles. The highest BCUT2D eigenvalue weighted by Crippen LogP contribution is 2.35.